The summed E-state index contributed by atoms with van der Waals surface area (Å²) in [7, 11) is 1.18. The highest BCUT2D eigenvalue weighted by Crippen LogP contribution is 2.52. The highest BCUT2D eigenvalue weighted by atomic mass is 19.4. The summed E-state index contributed by atoms with van der Waals surface area (Å²) in [4.78, 5) is 24.6. The summed E-state index contributed by atoms with van der Waals surface area (Å²) in [6, 6.07) is 4.31. The predicted molar refractivity (Wildman–Crippen MR) is 91.8 cm³/mol. The van der Waals surface area contributed by atoms with E-state index in [1.165, 1.54) is 31.4 Å². The Morgan fingerprint density at radius 3 is 2.38 bits per heavy atom. The second-order valence-corrected chi connectivity index (χ2v) is 6.72. The van der Waals surface area contributed by atoms with Gasteiger partial charge in [0.2, 0.25) is 0 Å². The number of rotatable bonds is 6. The van der Waals surface area contributed by atoms with Gasteiger partial charge in [-0.1, -0.05) is 24.3 Å². The third-order valence-electron chi connectivity index (χ3n) is 4.74. The number of nitrogens with one attached hydrogen (secondary N) is 1. The SMILES string of the molecule is COC(=O)C(Cc1ccc(C2(C(F)(F)F)N=N2)cc1)NC(=O)[C@@H]1OCCO[C@@H]1C. The Bertz CT molecular complexity index is 791. The molecule has 0 aromatic heterocycles. The Morgan fingerprint density at radius 1 is 1.24 bits per heavy atom. The molecule has 1 unspecified atom stereocenters. The van der Waals surface area contributed by atoms with Crippen molar-refractivity contribution in [1.29, 1.82) is 0 Å². The molecule has 1 N–H and O–H groups in total. The van der Waals surface area contributed by atoms with Crippen molar-refractivity contribution in [3.05, 3.63) is 35.4 Å². The molecule has 0 radical (unpaired) electrons. The Balaban J connectivity index is 1.69. The van der Waals surface area contributed by atoms with E-state index in [9.17, 15) is 22.8 Å². The molecular formula is C18H20F3N3O5. The van der Waals surface area contributed by atoms with E-state index >= 15 is 0 Å². The fourth-order valence-electron chi connectivity index (χ4n) is 3.06. The Morgan fingerprint density at radius 2 is 1.86 bits per heavy atom. The van der Waals surface area contributed by atoms with Crippen LogP contribution in [-0.4, -0.2) is 56.6 Å². The van der Waals surface area contributed by atoms with Crippen molar-refractivity contribution in [2.24, 2.45) is 10.2 Å². The van der Waals surface area contributed by atoms with E-state index in [0.717, 1.165) is 0 Å². The molecule has 0 bridgehead atoms. The van der Waals surface area contributed by atoms with Crippen molar-refractivity contribution in [3.63, 3.8) is 0 Å². The molecule has 3 atom stereocenters. The molecule has 11 heteroatoms. The number of carbonyl (C=O) groups excluding carboxylic acids is 2. The first-order valence-corrected chi connectivity index (χ1v) is 8.89. The zero-order valence-electron chi connectivity index (χ0n) is 15.7. The maximum absolute atomic E-state index is 13.1. The number of benzene rings is 1. The van der Waals surface area contributed by atoms with Crippen molar-refractivity contribution in [1.82, 2.24) is 5.32 Å². The number of amides is 1. The van der Waals surface area contributed by atoms with Gasteiger partial charge in [-0.3, -0.25) is 4.79 Å². The van der Waals surface area contributed by atoms with Crippen LogP contribution in [0, 0.1) is 0 Å². The van der Waals surface area contributed by atoms with Gasteiger partial charge in [-0.15, -0.1) is 10.2 Å². The molecule has 2 aliphatic rings. The van der Waals surface area contributed by atoms with E-state index in [4.69, 9.17) is 14.2 Å². The summed E-state index contributed by atoms with van der Waals surface area (Å²) >= 11 is 0. The second-order valence-electron chi connectivity index (χ2n) is 6.72. The number of ether oxygens (including phenoxy) is 3. The van der Waals surface area contributed by atoms with Gasteiger partial charge in [0.25, 0.3) is 5.91 Å². The van der Waals surface area contributed by atoms with Crippen molar-refractivity contribution in [3.8, 4) is 0 Å². The molecule has 1 aromatic carbocycles. The zero-order valence-corrected chi connectivity index (χ0v) is 15.7. The first-order chi connectivity index (χ1) is 13.7. The number of hydrogen-bond acceptors (Lipinski definition) is 7. The number of halogens is 3. The number of alkyl halides is 3. The van der Waals surface area contributed by atoms with Crippen molar-refractivity contribution < 1.29 is 37.0 Å². The highest BCUT2D eigenvalue weighted by Gasteiger charge is 2.65. The largest absolute Gasteiger partial charge is 0.467 e. The van der Waals surface area contributed by atoms with Gasteiger partial charge in [0, 0.05) is 12.0 Å². The zero-order chi connectivity index (χ0) is 21.2. The van der Waals surface area contributed by atoms with E-state index in [0.29, 0.717) is 12.2 Å². The molecule has 8 nitrogen and oxygen atoms in total. The summed E-state index contributed by atoms with van der Waals surface area (Å²) in [5.41, 5.74) is -2.10. The van der Waals surface area contributed by atoms with Crippen LogP contribution in [-0.2, 0) is 35.9 Å². The van der Waals surface area contributed by atoms with Crippen LogP contribution in [0.2, 0.25) is 0 Å². The number of esters is 1. The van der Waals surface area contributed by atoms with Crippen LogP contribution < -0.4 is 5.32 Å². The molecule has 29 heavy (non-hydrogen) atoms. The number of nitrogens with zero attached hydrogens (tertiary/aromatic N) is 2. The van der Waals surface area contributed by atoms with Gasteiger partial charge in [-0.2, -0.15) is 13.2 Å². The van der Waals surface area contributed by atoms with E-state index < -0.39 is 42.0 Å². The van der Waals surface area contributed by atoms with Gasteiger partial charge in [0.1, 0.15) is 6.04 Å². The fraction of sp³-hybridized carbons (Fsp3) is 0.556. The quantitative estimate of drug-likeness (QED) is 0.716. The van der Waals surface area contributed by atoms with Gasteiger partial charge in [-0.05, 0) is 12.5 Å². The molecule has 1 amide bonds. The summed E-state index contributed by atoms with van der Waals surface area (Å²) in [6.45, 7) is 2.30. The van der Waals surface area contributed by atoms with Crippen LogP contribution in [0.3, 0.4) is 0 Å². The number of methoxy groups -OCH3 is 1. The lowest BCUT2D eigenvalue weighted by atomic mass is 9.98. The molecule has 2 heterocycles. The normalized spacial score (nSPS) is 23.9. The van der Waals surface area contributed by atoms with Crippen LogP contribution in [0.15, 0.2) is 34.5 Å². The van der Waals surface area contributed by atoms with E-state index in [1.807, 2.05) is 0 Å². The lowest BCUT2D eigenvalue weighted by Crippen LogP contribution is -2.52. The van der Waals surface area contributed by atoms with Crippen LogP contribution in [0.5, 0.6) is 0 Å². The summed E-state index contributed by atoms with van der Waals surface area (Å²) in [6.07, 6.45) is -5.95. The molecule has 3 rings (SSSR count). The molecular weight excluding hydrogens is 395 g/mol. The average molecular weight is 415 g/mol. The highest BCUT2D eigenvalue weighted by molar-refractivity contribution is 5.87. The predicted octanol–water partition coefficient (Wildman–Crippen LogP) is 1.87. The summed E-state index contributed by atoms with van der Waals surface area (Å²) in [5, 5.41) is 8.86. The van der Waals surface area contributed by atoms with Gasteiger partial charge in [-0.25, -0.2) is 4.79 Å². The maximum Gasteiger partial charge on any atom is 0.442 e. The van der Waals surface area contributed by atoms with E-state index in [-0.39, 0.29) is 18.6 Å². The Labute approximate surface area is 164 Å². The van der Waals surface area contributed by atoms with Gasteiger partial charge >= 0.3 is 17.8 Å². The topological polar surface area (TPSA) is 98.6 Å². The lowest BCUT2D eigenvalue weighted by Gasteiger charge is -2.29. The van der Waals surface area contributed by atoms with Crippen LogP contribution in [0.1, 0.15) is 18.1 Å². The van der Waals surface area contributed by atoms with Crippen molar-refractivity contribution in [2.75, 3.05) is 20.3 Å². The van der Waals surface area contributed by atoms with Crippen molar-refractivity contribution >= 4 is 11.9 Å². The Kier molecular flexibility index (Phi) is 5.90. The molecule has 158 valence electrons. The number of carbonyl (C=O) groups is 2. The monoisotopic (exact) mass is 415 g/mol. The van der Waals surface area contributed by atoms with E-state index in [1.54, 1.807) is 6.92 Å². The average Bonchev–Trinajstić information content (AvgIpc) is 3.49. The van der Waals surface area contributed by atoms with E-state index in [2.05, 4.69) is 15.5 Å². The molecule has 0 aliphatic carbocycles. The third-order valence-corrected chi connectivity index (χ3v) is 4.74. The van der Waals surface area contributed by atoms with Crippen LogP contribution >= 0.6 is 0 Å². The molecule has 0 saturated carbocycles. The molecule has 1 fully saturated rings. The molecule has 1 aromatic rings. The molecule has 0 spiro atoms. The maximum atomic E-state index is 13.1. The molecule has 2 aliphatic heterocycles. The first-order valence-electron chi connectivity index (χ1n) is 8.89. The van der Waals surface area contributed by atoms with Gasteiger partial charge in [0.05, 0.1) is 26.4 Å². The fourth-order valence-corrected chi connectivity index (χ4v) is 3.06. The Hall–Kier alpha value is -2.53. The lowest BCUT2D eigenvalue weighted by molar-refractivity contribution is -0.166. The minimum atomic E-state index is -4.62. The molecule has 1 saturated heterocycles. The van der Waals surface area contributed by atoms with Crippen LogP contribution in [0.25, 0.3) is 0 Å². The standard InChI is InChI=1S/C18H20F3N3O5/c1-10-14(29-8-7-28-10)15(25)22-13(16(26)27-2)9-11-3-5-12(6-4-11)17(23-24-17)18(19,20)21/h3-6,10,13-14H,7-9H2,1-2H3,(H,22,25)/t10-,13?,14-/m1/s1. The smallest absolute Gasteiger partial charge is 0.442 e. The third kappa shape index (κ3) is 4.40. The first kappa shape index (κ1) is 21.2. The van der Waals surface area contributed by atoms with Crippen LogP contribution in [0.4, 0.5) is 13.2 Å². The number of hydrogen-bond donors (Lipinski definition) is 1. The van der Waals surface area contributed by atoms with Gasteiger partial charge in [0.15, 0.2) is 6.10 Å². The van der Waals surface area contributed by atoms with Gasteiger partial charge < -0.3 is 19.5 Å². The summed E-state index contributed by atoms with van der Waals surface area (Å²) < 4.78 is 54.7. The minimum Gasteiger partial charge on any atom is -0.467 e. The second kappa shape index (κ2) is 8.07. The van der Waals surface area contributed by atoms with Crippen molar-refractivity contribution in [2.45, 2.75) is 43.4 Å². The minimum absolute atomic E-state index is 0.0218. The summed E-state index contributed by atoms with van der Waals surface area (Å²) in [5.74, 6) is -1.22.